The van der Waals surface area contributed by atoms with E-state index in [9.17, 15) is 0 Å². The third-order valence-electron chi connectivity index (χ3n) is 2.91. The van der Waals surface area contributed by atoms with Crippen LogP contribution in [0, 0.1) is 11.3 Å². The average Bonchev–Trinajstić information content (AvgIpc) is 2.42. The molecule has 0 N–H and O–H groups in total. The molecule has 1 fully saturated rings. The van der Waals surface area contributed by atoms with Crippen LogP contribution in [0.15, 0.2) is 12.2 Å². The Morgan fingerprint density at radius 3 is 2.60 bits per heavy atom. The zero-order valence-electron chi connectivity index (χ0n) is 10.8. The molecule has 2 unspecified atom stereocenters. The Labute approximate surface area is 94.3 Å². The Morgan fingerprint density at radius 1 is 1.40 bits per heavy atom. The van der Waals surface area contributed by atoms with E-state index in [1.165, 1.54) is 6.42 Å². The maximum Gasteiger partial charge on any atom is 0.0503 e. The molecule has 1 aliphatic rings. The average molecular weight is 211 g/mol. The lowest BCUT2D eigenvalue weighted by molar-refractivity contribution is 0.155. The van der Waals surface area contributed by atoms with Gasteiger partial charge in [-0.1, -0.05) is 32.9 Å². The molecule has 0 aromatic carbocycles. The molecule has 0 saturated carbocycles. The zero-order valence-corrected chi connectivity index (χ0v) is 10.8. The molecule has 0 bridgehead atoms. The van der Waals surface area contributed by atoms with Crippen LogP contribution in [0.2, 0.25) is 0 Å². The number of rotatable bonds is 3. The molecule has 0 aliphatic carbocycles. The summed E-state index contributed by atoms with van der Waals surface area (Å²) in [5.41, 5.74) is 0.292. The Hall–Kier alpha value is -0.340. The molecule has 2 heteroatoms. The van der Waals surface area contributed by atoms with E-state index in [2.05, 4.69) is 44.9 Å². The minimum atomic E-state index is 0.292. The smallest absolute Gasteiger partial charge is 0.0503 e. The highest BCUT2D eigenvalue weighted by Crippen LogP contribution is 2.24. The summed E-state index contributed by atoms with van der Waals surface area (Å²) in [5.74, 6) is 0.703. The summed E-state index contributed by atoms with van der Waals surface area (Å²) in [6.07, 6.45) is 5.91. The molecule has 15 heavy (non-hydrogen) atoms. The van der Waals surface area contributed by atoms with Gasteiger partial charge in [0.1, 0.15) is 0 Å². The summed E-state index contributed by atoms with van der Waals surface area (Å²) in [4.78, 5) is 2.42. The predicted octanol–water partition coefficient (Wildman–Crippen LogP) is 2.56. The van der Waals surface area contributed by atoms with Crippen LogP contribution in [0.3, 0.4) is 0 Å². The van der Waals surface area contributed by atoms with Gasteiger partial charge in [0.25, 0.3) is 0 Å². The van der Waals surface area contributed by atoms with Gasteiger partial charge in [-0.05, 0) is 24.8 Å². The van der Waals surface area contributed by atoms with Crippen LogP contribution in [0.5, 0.6) is 0 Å². The van der Waals surface area contributed by atoms with Crippen LogP contribution in [0.1, 0.15) is 27.2 Å². The topological polar surface area (TPSA) is 12.5 Å². The lowest BCUT2D eigenvalue weighted by Gasteiger charge is -2.18. The molecular weight excluding hydrogens is 186 g/mol. The second kappa shape index (κ2) is 5.13. The van der Waals surface area contributed by atoms with E-state index in [4.69, 9.17) is 4.74 Å². The monoisotopic (exact) mass is 211 g/mol. The Balaban J connectivity index is 2.47. The fraction of sp³-hybridized carbons (Fsp3) is 0.846. The normalized spacial score (nSPS) is 29.1. The maximum atomic E-state index is 5.22. The Bertz CT molecular complexity index is 217. The van der Waals surface area contributed by atoms with E-state index in [0.717, 1.165) is 13.2 Å². The van der Waals surface area contributed by atoms with Gasteiger partial charge in [-0.3, -0.25) is 4.90 Å². The summed E-state index contributed by atoms with van der Waals surface area (Å²) in [6, 6.07) is 0.601. The molecule has 0 amide bonds. The van der Waals surface area contributed by atoms with Gasteiger partial charge >= 0.3 is 0 Å². The first-order valence-electron chi connectivity index (χ1n) is 5.81. The van der Waals surface area contributed by atoms with Gasteiger partial charge in [0, 0.05) is 19.7 Å². The van der Waals surface area contributed by atoms with Gasteiger partial charge in [0.05, 0.1) is 6.61 Å². The summed E-state index contributed by atoms with van der Waals surface area (Å²) in [6.45, 7) is 8.78. The van der Waals surface area contributed by atoms with Gasteiger partial charge in [-0.25, -0.2) is 0 Å². The van der Waals surface area contributed by atoms with Crippen molar-refractivity contribution < 1.29 is 4.74 Å². The van der Waals surface area contributed by atoms with Gasteiger partial charge in [-0.15, -0.1) is 0 Å². The van der Waals surface area contributed by atoms with E-state index in [0.29, 0.717) is 17.4 Å². The van der Waals surface area contributed by atoms with E-state index in [1.54, 1.807) is 7.11 Å². The zero-order chi connectivity index (χ0) is 11.5. The van der Waals surface area contributed by atoms with Crippen molar-refractivity contribution in [1.29, 1.82) is 0 Å². The van der Waals surface area contributed by atoms with E-state index in [1.807, 2.05) is 0 Å². The van der Waals surface area contributed by atoms with Crippen molar-refractivity contribution in [1.82, 2.24) is 4.90 Å². The van der Waals surface area contributed by atoms with Gasteiger partial charge in [-0.2, -0.15) is 0 Å². The molecule has 1 heterocycles. The van der Waals surface area contributed by atoms with Crippen molar-refractivity contribution in [2.75, 3.05) is 27.3 Å². The second-order valence-corrected chi connectivity index (χ2v) is 5.79. The van der Waals surface area contributed by atoms with Crippen LogP contribution in [0.4, 0.5) is 0 Å². The molecule has 0 aromatic rings. The first-order valence-corrected chi connectivity index (χ1v) is 5.81. The number of methoxy groups -OCH3 is 1. The van der Waals surface area contributed by atoms with Crippen molar-refractivity contribution in [3.63, 3.8) is 0 Å². The Morgan fingerprint density at radius 2 is 2.07 bits per heavy atom. The molecule has 2 atom stereocenters. The third-order valence-corrected chi connectivity index (χ3v) is 2.91. The lowest BCUT2D eigenvalue weighted by atomic mass is 9.94. The van der Waals surface area contributed by atoms with Crippen molar-refractivity contribution in [2.24, 2.45) is 11.3 Å². The standard InChI is InChI=1S/C13H25NO/c1-13(2,3)7-6-12-8-11(10-15-5)9-14(12)4/h6-7,11-12H,8-10H2,1-5H3/b7-6+. The molecule has 88 valence electrons. The number of likely N-dealkylation sites (N-methyl/N-ethyl adjacent to an activating group) is 1. The van der Waals surface area contributed by atoms with Crippen LogP contribution in [-0.2, 0) is 4.74 Å². The largest absolute Gasteiger partial charge is 0.384 e. The molecule has 1 rings (SSSR count). The molecule has 2 nitrogen and oxygen atoms in total. The minimum Gasteiger partial charge on any atom is -0.384 e. The minimum absolute atomic E-state index is 0.292. The molecular formula is C13H25NO. The number of hydrogen-bond donors (Lipinski definition) is 0. The highest BCUT2D eigenvalue weighted by atomic mass is 16.5. The van der Waals surface area contributed by atoms with Crippen molar-refractivity contribution in [2.45, 2.75) is 33.2 Å². The number of likely N-dealkylation sites (tertiary alicyclic amines) is 1. The Kier molecular flexibility index (Phi) is 4.35. The SMILES string of the molecule is COCC1CC(/C=C/C(C)(C)C)N(C)C1. The summed E-state index contributed by atoms with van der Waals surface area (Å²) >= 11 is 0. The van der Waals surface area contributed by atoms with E-state index >= 15 is 0 Å². The highest BCUT2D eigenvalue weighted by Gasteiger charge is 2.27. The quantitative estimate of drug-likeness (QED) is 0.665. The van der Waals surface area contributed by atoms with Crippen LogP contribution >= 0.6 is 0 Å². The number of ether oxygens (including phenoxy) is 1. The fourth-order valence-electron chi connectivity index (χ4n) is 2.12. The first-order chi connectivity index (χ1) is 6.92. The summed E-state index contributed by atoms with van der Waals surface area (Å²) in [5, 5.41) is 0. The van der Waals surface area contributed by atoms with Crippen LogP contribution in [-0.4, -0.2) is 38.3 Å². The maximum absolute atomic E-state index is 5.22. The predicted molar refractivity (Wildman–Crippen MR) is 65.0 cm³/mol. The van der Waals surface area contributed by atoms with E-state index in [-0.39, 0.29) is 0 Å². The fourth-order valence-corrected chi connectivity index (χ4v) is 2.12. The van der Waals surface area contributed by atoms with Crippen molar-refractivity contribution in [3.05, 3.63) is 12.2 Å². The molecule has 0 spiro atoms. The van der Waals surface area contributed by atoms with Crippen molar-refractivity contribution >= 4 is 0 Å². The van der Waals surface area contributed by atoms with Crippen molar-refractivity contribution in [3.8, 4) is 0 Å². The van der Waals surface area contributed by atoms with E-state index < -0.39 is 0 Å². The summed E-state index contributed by atoms with van der Waals surface area (Å²) in [7, 11) is 3.99. The second-order valence-electron chi connectivity index (χ2n) is 5.79. The summed E-state index contributed by atoms with van der Waals surface area (Å²) < 4.78 is 5.22. The number of allylic oxidation sites excluding steroid dienone is 1. The molecule has 0 aromatic heterocycles. The van der Waals surface area contributed by atoms with Gasteiger partial charge in [0.2, 0.25) is 0 Å². The molecule has 1 aliphatic heterocycles. The first kappa shape index (κ1) is 12.7. The van der Waals surface area contributed by atoms with Crippen LogP contribution in [0.25, 0.3) is 0 Å². The highest BCUT2D eigenvalue weighted by molar-refractivity contribution is 5.02. The number of hydrogen-bond acceptors (Lipinski definition) is 2. The lowest BCUT2D eigenvalue weighted by Crippen LogP contribution is -2.23. The third kappa shape index (κ3) is 4.35. The molecule has 1 saturated heterocycles. The van der Waals surface area contributed by atoms with Crippen LogP contribution < -0.4 is 0 Å². The van der Waals surface area contributed by atoms with Gasteiger partial charge in [0.15, 0.2) is 0 Å². The van der Waals surface area contributed by atoms with Gasteiger partial charge < -0.3 is 4.74 Å². The number of nitrogens with zero attached hydrogens (tertiary/aromatic N) is 1. The molecule has 0 radical (unpaired) electrons.